The first kappa shape index (κ1) is 19.2. The zero-order chi connectivity index (χ0) is 19.2. The number of aryl methyl sites for hydroxylation is 2. The Balaban J connectivity index is 1.54. The lowest BCUT2D eigenvalue weighted by atomic mass is 10.2. The molecule has 0 spiro atoms. The summed E-state index contributed by atoms with van der Waals surface area (Å²) in [5.41, 5.74) is 3.56. The molecule has 1 saturated heterocycles. The summed E-state index contributed by atoms with van der Waals surface area (Å²) in [7, 11) is 0. The van der Waals surface area contributed by atoms with Gasteiger partial charge in [0, 0.05) is 32.4 Å². The van der Waals surface area contributed by atoms with E-state index in [0.717, 1.165) is 48.1 Å². The number of amides is 2. The van der Waals surface area contributed by atoms with Gasteiger partial charge in [0.25, 0.3) is 0 Å². The highest BCUT2D eigenvalue weighted by molar-refractivity contribution is 5.90. The SMILES string of the molecule is CCn1nc(C)c(NC(=O)NCc2ccc(N3CCCCCC3)nc2)c1C. The number of rotatable bonds is 5. The molecule has 3 rings (SSSR count). The van der Waals surface area contributed by atoms with E-state index in [2.05, 4.69) is 31.7 Å². The standard InChI is InChI=1S/C20H30N6O/c1-4-26-16(3)19(15(2)24-26)23-20(27)22-14-17-9-10-18(21-13-17)25-11-7-5-6-8-12-25/h9-10,13H,4-8,11-12,14H2,1-3H3,(H2,22,23,27). The molecule has 146 valence electrons. The van der Waals surface area contributed by atoms with Gasteiger partial charge < -0.3 is 15.5 Å². The van der Waals surface area contributed by atoms with Crippen molar-refractivity contribution in [1.82, 2.24) is 20.1 Å². The van der Waals surface area contributed by atoms with Gasteiger partial charge in [0.15, 0.2) is 0 Å². The molecule has 0 aromatic carbocycles. The van der Waals surface area contributed by atoms with E-state index in [1.54, 1.807) is 0 Å². The molecule has 0 radical (unpaired) electrons. The Labute approximate surface area is 161 Å². The maximum atomic E-state index is 12.3. The fraction of sp³-hybridized carbons (Fsp3) is 0.550. The minimum atomic E-state index is -0.228. The second-order valence-corrected chi connectivity index (χ2v) is 7.10. The van der Waals surface area contributed by atoms with Gasteiger partial charge in [-0.25, -0.2) is 9.78 Å². The summed E-state index contributed by atoms with van der Waals surface area (Å²) in [6.07, 6.45) is 6.94. The Morgan fingerprint density at radius 1 is 1.15 bits per heavy atom. The van der Waals surface area contributed by atoms with Crippen molar-refractivity contribution in [2.75, 3.05) is 23.3 Å². The summed E-state index contributed by atoms with van der Waals surface area (Å²) in [5, 5.41) is 10.2. The summed E-state index contributed by atoms with van der Waals surface area (Å²) < 4.78 is 1.89. The number of aromatic nitrogens is 3. The van der Waals surface area contributed by atoms with E-state index >= 15 is 0 Å². The second kappa shape index (κ2) is 8.88. The van der Waals surface area contributed by atoms with Crippen molar-refractivity contribution in [3.63, 3.8) is 0 Å². The minimum absolute atomic E-state index is 0.228. The number of urea groups is 1. The van der Waals surface area contributed by atoms with E-state index in [1.807, 2.05) is 37.7 Å². The van der Waals surface area contributed by atoms with Crippen molar-refractivity contribution >= 4 is 17.5 Å². The largest absolute Gasteiger partial charge is 0.357 e. The fourth-order valence-corrected chi connectivity index (χ4v) is 3.53. The van der Waals surface area contributed by atoms with Gasteiger partial charge in [-0.1, -0.05) is 18.9 Å². The summed E-state index contributed by atoms with van der Waals surface area (Å²) in [6.45, 7) is 9.29. The van der Waals surface area contributed by atoms with Gasteiger partial charge in [-0.2, -0.15) is 5.10 Å². The molecule has 0 saturated carbocycles. The smallest absolute Gasteiger partial charge is 0.319 e. The van der Waals surface area contributed by atoms with Crippen LogP contribution in [0.25, 0.3) is 0 Å². The van der Waals surface area contributed by atoms with Gasteiger partial charge in [-0.3, -0.25) is 4.68 Å². The van der Waals surface area contributed by atoms with E-state index < -0.39 is 0 Å². The third-order valence-electron chi connectivity index (χ3n) is 5.11. The Kier molecular flexibility index (Phi) is 6.32. The van der Waals surface area contributed by atoms with Crippen molar-refractivity contribution in [2.24, 2.45) is 0 Å². The predicted octanol–water partition coefficient (Wildman–Crippen LogP) is 3.62. The third kappa shape index (κ3) is 4.78. The van der Waals surface area contributed by atoms with Gasteiger partial charge in [-0.05, 0) is 45.2 Å². The van der Waals surface area contributed by atoms with Gasteiger partial charge in [0.2, 0.25) is 0 Å². The number of pyridine rings is 1. The normalized spacial score (nSPS) is 14.7. The maximum Gasteiger partial charge on any atom is 0.319 e. The molecule has 0 unspecified atom stereocenters. The van der Waals surface area contributed by atoms with Gasteiger partial charge >= 0.3 is 6.03 Å². The number of carbonyl (C=O) groups is 1. The van der Waals surface area contributed by atoms with Crippen LogP contribution in [-0.4, -0.2) is 33.9 Å². The van der Waals surface area contributed by atoms with E-state index in [1.165, 1.54) is 25.7 Å². The monoisotopic (exact) mass is 370 g/mol. The van der Waals surface area contributed by atoms with Gasteiger partial charge in [-0.15, -0.1) is 0 Å². The molecule has 7 nitrogen and oxygen atoms in total. The van der Waals surface area contributed by atoms with E-state index in [0.29, 0.717) is 6.54 Å². The number of carbonyl (C=O) groups excluding carboxylic acids is 1. The topological polar surface area (TPSA) is 75.1 Å². The highest BCUT2D eigenvalue weighted by Crippen LogP contribution is 2.19. The molecule has 1 aliphatic heterocycles. The first-order chi connectivity index (χ1) is 13.1. The molecule has 1 aliphatic rings. The van der Waals surface area contributed by atoms with Crippen molar-refractivity contribution < 1.29 is 4.79 Å². The Hall–Kier alpha value is -2.57. The maximum absolute atomic E-state index is 12.3. The van der Waals surface area contributed by atoms with Crippen molar-refractivity contribution in [3.05, 3.63) is 35.3 Å². The zero-order valence-corrected chi connectivity index (χ0v) is 16.6. The number of hydrogen-bond donors (Lipinski definition) is 2. The van der Waals surface area contributed by atoms with Crippen LogP contribution in [0, 0.1) is 13.8 Å². The quantitative estimate of drug-likeness (QED) is 0.843. The highest BCUT2D eigenvalue weighted by atomic mass is 16.2. The lowest BCUT2D eigenvalue weighted by Crippen LogP contribution is -2.29. The zero-order valence-electron chi connectivity index (χ0n) is 16.6. The number of nitrogens with zero attached hydrogens (tertiary/aromatic N) is 4. The third-order valence-corrected chi connectivity index (χ3v) is 5.11. The molecule has 2 amide bonds. The highest BCUT2D eigenvalue weighted by Gasteiger charge is 2.14. The lowest BCUT2D eigenvalue weighted by molar-refractivity contribution is 0.251. The lowest BCUT2D eigenvalue weighted by Gasteiger charge is -2.21. The summed E-state index contributed by atoms with van der Waals surface area (Å²) in [5.74, 6) is 1.03. The van der Waals surface area contributed by atoms with Crippen LogP contribution in [0.2, 0.25) is 0 Å². The van der Waals surface area contributed by atoms with Crippen LogP contribution < -0.4 is 15.5 Å². The fourth-order valence-electron chi connectivity index (χ4n) is 3.53. The van der Waals surface area contributed by atoms with E-state index in [-0.39, 0.29) is 6.03 Å². The molecule has 27 heavy (non-hydrogen) atoms. The van der Waals surface area contributed by atoms with Crippen LogP contribution in [-0.2, 0) is 13.1 Å². The Bertz CT molecular complexity index is 760. The summed E-state index contributed by atoms with van der Waals surface area (Å²) in [6, 6.07) is 3.87. The van der Waals surface area contributed by atoms with Crippen LogP contribution in [0.3, 0.4) is 0 Å². The van der Waals surface area contributed by atoms with Crippen LogP contribution in [0.5, 0.6) is 0 Å². The molecular weight excluding hydrogens is 340 g/mol. The summed E-state index contributed by atoms with van der Waals surface area (Å²) >= 11 is 0. The molecule has 3 heterocycles. The van der Waals surface area contributed by atoms with Crippen LogP contribution in [0.4, 0.5) is 16.3 Å². The van der Waals surface area contributed by atoms with Crippen LogP contribution >= 0.6 is 0 Å². The van der Waals surface area contributed by atoms with Gasteiger partial charge in [0.05, 0.1) is 17.1 Å². The van der Waals surface area contributed by atoms with Crippen LogP contribution in [0.15, 0.2) is 18.3 Å². The molecule has 0 aliphatic carbocycles. The average molecular weight is 371 g/mol. The Morgan fingerprint density at radius 3 is 2.48 bits per heavy atom. The Morgan fingerprint density at radius 2 is 1.89 bits per heavy atom. The first-order valence-corrected chi connectivity index (χ1v) is 9.87. The second-order valence-electron chi connectivity index (χ2n) is 7.10. The van der Waals surface area contributed by atoms with Crippen molar-refractivity contribution in [3.8, 4) is 0 Å². The number of hydrogen-bond acceptors (Lipinski definition) is 4. The predicted molar refractivity (Wildman–Crippen MR) is 108 cm³/mol. The van der Waals surface area contributed by atoms with Crippen molar-refractivity contribution in [2.45, 2.75) is 59.5 Å². The molecule has 1 fully saturated rings. The van der Waals surface area contributed by atoms with E-state index in [4.69, 9.17) is 0 Å². The molecule has 0 bridgehead atoms. The molecular formula is C20H30N6O. The number of anilines is 2. The molecule has 0 atom stereocenters. The van der Waals surface area contributed by atoms with Crippen LogP contribution in [0.1, 0.15) is 49.6 Å². The van der Waals surface area contributed by atoms with Gasteiger partial charge in [0.1, 0.15) is 5.82 Å². The molecule has 2 aromatic heterocycles. The first-order valence-electron chi connectivity index (χ1n) is 9.87. The molecule has 2 N–H and O–H groups in total. The average Bonchev–Trinajstić information content (AvgIpc) is 2.88. The molecule has 7 heteroatoms. The minimum Gasteiger partial charge on any atom is -0.357 e. The number of nitrogens with one attached hydrogen (secondary N) is 2. The molecule has 2 aromatic rings. The van der Waals surface area contributed by atoms with Crippen molar-refractivity contribution in [1.29, 1.82) is 0 Å². The summed E-state index contributed by atoms with van der Waals surface area (Å²) in [4.78, 5) is 19.2. The van der Waals surface area contributed by atoms with E-state index in [9.17, 15) is 4.79 Å².